The molecule has 7 heavy (non-hydrogen) atoms. The topological polar surface area (TPSA) is 0 Å². The first-order chi connectivity index (χ1) is 2.93. The van der Waals surface area contributed by atoms with E-state index < -0.39 is 0 Å². The number of hydrogen-bond acceptors (Lipinski definition) is 0. The summed E-state index contributed by atoms with van der Waals surface area (Å²) in [6.07, 6.45) is 5.94. The number of rotatable bonds is 1. The van der Waals surface area contributed by atoms with Crippen LogP contribution in [-0.2, 0) is 0 Å². The Kier molecular flexibility index (Phi) is 3.06. The van der Waals surface area contributed by atoms with Crippen LogP contribution in [0.5, 0.6) is 0 Å². The van der Waals surface area contributed by atoms with Crippen LogP contribution in [0.4, 0.5) is 0 Å². The lowest BCUT2D eigenvalue weighted by atomic mass is 9.84. The molecule has 0 radical (unpaired) electrons. The molecule has 0 aromatic rings. The highest BCUT2D eigenvalue weighted by atomic mass is 14.2. The Labute approximate surface area is 46.9 Å². The van der Waals surface area contributed by atoms with E-state index in [0.717, 1.165) is 5.92 Å². The van der Waals surface area contributed by atoms with Crippen molar-refractivity contribution in [1.82, 2.24) is 0 Å². The molecule has 0 aromatic carbocycles. The number of hydrogen-bond donors (Lipinski definition) is 0. The molecule has 1 rings (SSSR count). The van der Waals surface area contributed by atoms with E-state index in [4.69, 9.17) is 0 Å². The van der Waals surface area contributed by atoms with E-state index in [2.05, 4.69) is 6.92 Å². The summed E-state index contributed by atoms with van der Waals surface area (Å²) in [7, 11) is 0. The lowest BCUT2D eigenvalue weighted by Gasteiger charge is -2.22. The van der Waals surface area contributed by atoms with Crippen molar-refractivity contribution in [2.45, 2.75) is 40.0 Å². The minimum atomic E-state index is 0. The molecule has 0 N–H and O–H groups in total. The molecule has 0 bridgehead atoms. The van der Waals surface area contributed by atoms with Gasteiger partial charge in [0.2, 0.25) is 0 Å². The van der Waals surface area contributed by atoms with E-state index in [1.807, 2.05) is 0 Å². The molecule has 0 heterocycles. The lowest BCUT2D eigenvalue weighted by Crippen LogP contribution is -2.08. The summed E-state index contributed by atoms with van der Waals surface area (Å²) in [5, 5.41) is 0. The van der Waals surface area contributed by atoms with Crippen molar-refractivity contribution in [3.05, 3.63) is 0 Å². The average Bonchev–Trinajstić information content (AvgIpc) is 1.31. The summed E-state index contributed by atoms with van der Waals surface area (Å²) >= 11 is 0. The van der Waals surface area contributed by atoms with E-state index in [9.17, 15) is 0 Å². The average molecular weight is 100 g/mol. The molecule has 0 amide bonds. The monoisotopic (exact) mass is 100 g/mol. The fourth-order valence-electron chi connectivity index (χ4n) is 0.901. The van der Waals surface area contributed by atoms with Gasteiger partial charge >= 0.3 is 0 Å². The Bertz CT molecular complexity index is 32.5. The van der Waals surface area contributed by atoms with Crippen LogP contribution in [-0.4, -0.2) is 0 Å². The normalized spacial score (nSPS) is 20.1. The van der Waals surface area contributed by atoms with Crippen LogP contribution in [0.15, 0.2) is 0 Å². The summed E-state index contributed by atoms with van der Waals surface area (Å²) in [5.41, 5.74) is 0. The van der Waals surface area contributed by atoms with E-state index in [1.165, 1.54) is 25.7 Å². The van der Waals surface area contributed by atoms with Gasteiger partial charge in [-0.15, -0.1) is 0 Å². The zero-order valence-corrected chi connectivity index (χ0v) is 4.41. The SMILES string of the molecule is C.CCC1CCC1. The fourth-order valence-corrected chi connectivity index (χ4v) is 0.901. The van der Waals surface area contributed by atoms with Gasteiger partial charge < -0.3 is 0 Å². The van der Waals surface area contributed by atoms with E-state index >= 15 is 0 Å². The van der Waals surface area contributed by atoms with Crippen LogP contribution < -0.4 is 0 Å². The van der Waals surface area contributed by atoms with Crippen LogP contribution in [0.25, 0.3) is 0 Å². The molecule has 0 unspecified atom stereocenters. The summed E-state index contributed by atoms with van der Waals surface area (Å²) < 4.78 is 0. The summed E-state index contributed by atoms with van der Waals surface area (Å²) in [6, 6.07) is 0. The van der Waals surface area contributed by atoms with Crippen molar-refractivity contribution in [2.24, 2.45) is 5.92 Å². The highest BCUT2D eigenvalue weighted by molar-refractivity contribution is 4.66. The standard InChI is InChI=1S/C6H12.CH4/c1-2-6-4-3-5-6;/h6H,2-5H2,1H3;1H4. The molecule has 44 valence electrons. The van der Waals surface area contributed by atoms with E-state index in [1.54, 1.807) is 0 Å². The molecule has 1 saturated carbocycles. The van der Waals surface area contributed by atoms with Gasteiger partial charge in [0.1, 0.15) is 0 Å². The molecule has 0 aromatic heterocycles. The maximum absolute atomic E-state index is 2.28. The molecule has 0 saturated heterocycles. The quantitative estimate of drug-likeness (QED) is 0.475. The van der Waals surface area contributed by atoms with Crippen molar-refractivity contribution < 1.29 is 0 Å². The maximum atomic E-state index is 2.28. The van der Waals surface area contributed by atoms with Crippen LogP contribution in [0.2, 0.25) is 0 Å². The zero-order valence-electron chi connectivity index (χ0n) is 4.41. The molecule has 0 atom stereocenters. The van der Waals surface area contributed by atoms with Gasteiger partial charge in [0, 0.05) is 0 Å². The highest BCUT2D eigenvalue weighted by Gasteiger charge is 2.13. The molecular weight excluding hydrogens is 84.1 g/mol. The second-order valence-corrected chi connectivity index (χ2v) is 2.21. The van der Waals surface area contributed by atoms with Gasteiger partial charge in [-0.3, -0.25) is 0 Å². The van der Waals surface area contributed by atoms with E-state index in [0.29, 0.717) is 0 Å². The first-order valence-electron chi connectivity index (χ1n) is 2.93. The third-order valence-electron chi connectivity index (χ3n) is 1.80. The predicted molar refractivity (Wildman–Crippen MR) is 34.4 cm³/mol. The maximum Gasteiger partial charge on any atom is -0.0417 e. The van der Waals surface area contributed by atoms with Crippen LogP contribution in [0.1, 0.15) is 40.0 Å². The summed E-state index contributed by atoms with van der Waals surface area (Å²) in [6.45, 7) is 2.28. The molecule has 1 aliphatic carbocycles. The van der Waals surface area contributed by atoms with Gasteiger partial charge in [-0.25, -0.2) is 0 Å². The van der Waals surface area contributed by atoms with Crippen LogP contribution in [0, 0.1) is 5.92 Å². The zero-order chi connectivity index (χ0) is 4.41. The van der Waals surface area contributed by atoms with Crippen LogP contribution >= 0.6 is 0 Å². The largest absolute Gasteiger partial charge is 0.0776 e. The van der Waals surface area contributed by atoms with Crippen molar-refractivity contribution >= 4 is 0 Å². The predicted octanol–water partition coefficient (Wildman–Crippen LogP) is 2.83. The van der Waals surface area contributed by atoms with Crippen molar-refractivity contribution in [3.63, 3.8) is 0 Å². The molecule has 0 spiro atoms. The van der Waals surface area contributed by atoms with Crippen molar-refractivity contribution in [1.29, 1.82) is 0 Å². The van der Waals surface area contributed by atoms with Gasteiger partial charge in [0.15, 0.2) is 0 Å². The Morgan fingerprint density at radius 1 is 1.43 bits per heavy atom. The van der Waals surface area contributed by atoms with Gasteiger partial charge in [-0.1, -0.05) is 40.0 Å². The lowest BCUT2D eigenvalue weighted by molar-refractivity contribution is 0.307. The minimum absolute atomic E-state index is 0. The third-order valence-corrected chi connectivity index (χ3v) is 1.80. The Morgan fingerprint density at radius 2 is 2.00 bits per heavy atom. The third kappa shape index (κ3) is 1.50. The van der Waals surface area contributed by atoms with E-state index in [-0.39, 0.29) is 7.43 Å². The molecule has 1 fully saturated rings. The van der Waals surface area contributed by atoms with Gasteiger partial charge in [-0.2, -0.15) is 0 Å². The second-order valence-electron chi connectivity index (χ2n) is 2.21. The Hall–Kier alpha value is 0. The van der Waals surface area contributed by atoms with Gasteiger partial charge in [0.25, 0.3) is 0 Å². The second kappa shape index (κ2) is 3.06. The fraction of sp³-hybridized carbons (Fsp3) is 1.00. The van der Waals surface area contributed by atoms with Gasteiger partial charge in [-0.05, 0) is 5.92 Å². The Morgan fingerprint density at radius 3 is 2.00 bits per heavy atom. The first-order valence-corrected chi connectivity index (χ1v) is 2.93. The summed E-state index contributed by atoms with van der Waals surface area (Å²) in [5.74, 6) is 1.12. The summed E-state index contributed by atoms with van der Waals surface area (Å²) in [4.78, 5) is 0. The van der Waals surface area contributed by atoms with Crippen molar-refractivity contribution in [2.75, 3.05) is 0 Å². The van der Waals surface area contributed by atoms with Crippen LogP contribution in [0.3, 0.4) is 0 Å². The minimum Gasteiger partial charge on any atom is -0.0776 e. The molecule has 0 heteroatoms. The highest BCUT2D eigenvalue weighted by Crippen LogP contribution is 2.28. The molecule has 0 nitrogen and oxygen atoms in total. The molecular formula is C7H16. The Balaban J connectivity index is 0.000000360. The van der Waals surface area contributed by atoms with Crippen molar-refractivity contribution in [3.8, 4) is 0 Å². The smallest absolute Gasteiger partial charge is 0.0417 e. The molecule has 0 aliphatic heterocycles. The first kappa shape index (κ1) is 7.00. The molecule has 1 aliphatic rings. The van der Waals surface area contributed by atoms with Gasteiger partial charge in [0.05, 0.1) is 0 Å².